The Balaban J connectivity index is 1.48. The van der Waals surface area contributed by atoms with E-state index in [0.29, 0.717) is 36.7 Å². The number of carbonyl (C=O) groups excluding carboxylic acids is 1. The largest absolute Gasteiger partial charge is 0.486 e. The first kappa shape index (κ1) is 16.8. The summed E-state index contributed by atoms with van der Waals surface area (Å²) in [6, 6.07) is 10.4. The van der Waals surface area contributed by atoms with Crippen LogP contribution in [0.5, 0.6) is 11.5 Å². The van der Waals surface area contributed by atoms with Crippen molar-refractivity contribution < 1.29 is 27.1 Å². The number of fused-ring (bicyclic) bond motifs is 1. The summed E-state index contributed by atoms with van der Waals surface area (Å²) in [4.78, 5) is 12.2. The van der Waals surface area contributed by atoms with E-state index in [2.05, 4.69) is 4.72 Å². The molecular weight excluding hydrogens is 361 g/mol. The molecule has 0 aromatic heterocycles. The summed E-state index contributed by atoms with van der Waals surface area (Å²) in [5, 5.41) is 0. The first-order valence-corrected chi connectivity index (χ1v) is 9.65. The third-order valence-corrected chi connectivity index (χ3v) is 5.84. The molecule has 2 aliphatic rings. The molecule has 8 heteroatoms. The molecule has 0 saturated heterocycles. The number of benzene rings is 2. The average molecular weight is 377 g/mol. The molecule has 1 heterocycles. The van der Waals surface area contributed by atoms with Gasteiger partial charge in [0.05, 0.1) is 4.90 Å². The molecular formula is C18H16FNO5S. The number of hydrogen-bond acceptors (Lipinski definition) is 5. The molecule has 2 aromatic rings. The highest BCUT2D eigenvalue weighted by atomic mass is 32.2. The molecule has 1 aliphatic carbocycles. The van der Waals surface area contributed by atoms with Crippen LogP contribution < -0.4 is 14.2 Å². The highest BCUT2D eigenvalue weighted by Gasteiger charge is 2.46. The fraction of sp³-hybridized carbons (Fsp3) is 0.278. The molecule has 0 radical (unpaired) electrons. The van der Waals surface area contributed by atoms with E-state index in [4.69, 9.17) is 9.47 Å². The van der Waals surface area contributed by atoms with E-state index in [0.717, 1.165) is 0 Å². The summed E-state index contributed by atoms with van der Waals surface area (Å²) < 4.78 is 51.5. The van der Waals surface area contributed by atoms with Crippen LogP contribution in [0.15, 0.2) is 47.4 Å². The molecule has 1 aliphatic heterocycles. The molecule has 0 spiro atoms. The van der Waals surface area contributed by atoms with Crippen LogP contribution in [0.3, 0.4) is 0 Å². The standard InChI is InChI=1S/C18H16FNO5S/c19-15-4-2-1-3-12(15)13-10-14(13)18(21)20-26(22,23)11-5-6-16-17(9-11)25-8-7-24-16/h1-6,9,13-14H,7-8,10H2,(H,20,21)/t13-,14-/m1/s1. The lowest BCUT2D eigenvalue weighted by Gasteiger charge is -2.18. The van der Waals surface area contributed by atoms with Gasteiger partial charge >= 0.3 is 0 Å². The Hall–Kier alpha value is -2.61. The molecule has 1 N–H and O–H groups in total. The first-order valence-electron chi connectivity index (χ1n) is 8.16. The normalized spacial score (nSPS) is 21.1. The van der Waals surface area contributed by atoms with Gasteiger partial charge in [-0.25, -0.2) is 17.5 Å². The van der Waals surface area contributed by atoms with Crippen molar-refractivity contribution in [2.75, 3.05) is 13.2 Å². The van der Waals surface area contributed by atoms with Gasteiger partial charge < -0.3 is 9.47 Å². The molecule has 0 bridgehead atoms. The van der Waals surface area contributed by atoms with Crippen molar-refractivity contribution in [3.8, 4) is 11.5 Å². The van der Waals surface area contributed by atoms with Gasteiger partial charge in [0.1, 0.15) is 19.0 Å². The molecule has 1 fully saturated rings. The van der Waals surface area contributed by atoms with Crippen LogP contribution in [0.4, 0.5) is 4.39 Å². The third-order valence-electron chi connectivity index (χ3n) is 4.49. The summed E-state index contributed by atoms with van der Waals surface area (Å²) in [5.74, 6) is -1.09. The first-order chi connectivity index (χ1) is 12.5. The van der Waals surface area contributed by atoms with E-state index in [1.165, 1.54) is 24.3 Å². The van der Waals surface area contributed by atoms with Crippen molar-refractivity contribution in [2.45, 2.75) is 17.2 Å². The van der Waals surface area contributed by atoms with Crippen molar-refractivity contribution in [2.24, 2.45) is 5.92 Å². The Labute approximate surface area is 150 Å². The monoisotopic (exact) mass is 377 g/mol. The maximum absolute atomic E-state index is 13.8. The third kappa shape index (κ3) is 3.12. The van der Waals surface area contributed by atoms with Crippen molar-refractivity contribution in [1.29, 1.82) is 0 Å². The minimum Gasteiger partial charge on any atom is -0.486 e. The number of amides is 1. The highest BCUT2D eigenvalue weighted by molar-refractivity contribution is 7.90. The van der Waals surface area contributed by atoms with E-state index in [-0.39, 0.29) is 16.6 Å². The zero-order valence-corrected chi connectivity index (χ0v) is 14.5. The predicted octanol–water partition coefficient (Wildman–Crippen LogP) is 2.21. The van der Waals surface area contributed by atoms with Gasteiger partial charge in [0.15, 0.2) is 11.5 Å². The number of carbonyl (C=O) groups is 1. The van der Waals surface area contributed by atoms with Gasteiger partial charge in [0.25, 0.3) is 10.0 Å². The number of rotatable bonds is 4. The number of halogens is 1. The summed E-state index contributed by atoms with van der Waals surface area (Å²) in [5.41, 5.74) is 0.435. The number of hydrogen-bond donors (Lipinski definition) is 1. The smallest absolute Gasteiger partial charge is 0.264 e. The van der Waals surface area contributed by atoms with Crippen LogP contribution >= 0.6 is 0 Å². The molecule has 1 amide bonds. The minimum absolute atomic E-state index is 0.0850. The van der Waals surface area contributed by atoms with Crippen molar-refractivity contribution in [3.63, 3.8) is 0 Å². The van der Waals surface area contributed by atoms with Crippen LogP contribution in [0.2, 0.25) is 0 Å². The Morgan fingerprint density at radius 3 is 2.58 bits per heavy atom. The lowest BCUT2D eigenvalue weighted by atomic mass is 10.1. The maximum atomic E-state index is 13.8. The van der Waals surface area contributed by atoms with Crippen molar-refractivity contribution in [3.05, 3.63) is 53.8 Å². The fourth-order valence-corrected chi connectivity index (χ4v) is 4.11. The summed E-state index contributed by atoms with van der Waals surface area (Å²) >= 11 is 0. The van der Waals surface area contributed by atoms with E-state index < -0.39 is 21.8 Å². The zero-order valence-electron chi connectivity index (χ0n) is 13.6. The van der Waals surface area contributed by atoms with Gasteiger partial charge in [-0.15, -0.1) is 0 Å². The number of nitrogens with one attached hydrogen (secondary N) is 1. The molecule has 4 rings (SSSR count). The van der Waals surface area contributed by atoms with Gasteiger partial charge in [-0.3, -0.25) is 4.79 Å². The fourth-order valence-electron chi connectivity index (χ4n) is 3.06. The number of sulfonamides is 1. The van der Waals surface area contributed by atoms with Crippen molar-refractivity contribution >= 4 is 15.9 Å². The topological polar surface area (TPSA) is 81.7 Å². The molecule has 26 heavy (non-hydrogen) atoms. The van der Waals surface area contributed by atoms with Gasteiger partial charge in [-0.1, -0.05) is 18.2 Å². The van der Waals surface area contributed by atoms with E-state index in [9.17, 15) is 17.6 Å². The van der Waals surface area contributed by atoms with Crippen molar-refractivity contribution in [1.82, 2.24) is 4.72 Å². The zero-order chi connectivity index (χ0) is 18.3. The second-order valence-electron chi connectivity index (χ2n) is 6.25. The maximum Gasteiger partial charge on any atom is 0.264 e. The summed E-state index contributed by atoms with van der Waals surface area (Å²) in [7, 11) is -4.04. The minimum atomic E-state index is -4.04. The van der Waals surface area contributed by atoms with Crippen LogP contribution in [0, 0.1) is 11.7 Å². The molecule has 2 aromatic carbocycles. The quantitative estimate of drug-likeness (QED) is 0.883. The lowest BCUT2D eigenvalue weighted by Crippen LogP contribution is -2.32. The van der Waals surface area contributed by atoms with Gasteiger partial charge in [-0.2, -0.15) is 0 Å². The van der Waals surface area contributed by atoms with Crippen LogP contribution in [0.25, 0.3) is 0 Å². The Morgan fingerprint density at radius 2 is 1.81 bits per heavy atom. The molecule has 136 valence electrons. The van der Waals surface area contributed by atoms with Crippen LogP contribution in [-0.4, -0.2) is 27.5 Å². The Bertz CT molecular complexity index is 975. The average Bonchev–Trinajstić information content (AvgIpc) is 3.42. The highest BCUT2D eigenvalue weighted by Crippen LogP contribution is 2.48. The predicted molar refractivity (Wildman–Crippen MR) is 90.0 cm³/mol. The molecule has 6 nitrogen and oxygen atoms in total. The van der Waals surface area contributed by atoms with Gasteiger partial charge in [0.2, 0.25) is 5.91 Å². The van der Waals surface area contributed by atoms with E-state index in [1.807, 2.05) is 0 Å². The van der Waals surface area contributed by atoms with Crippen LogP contribution in [-0.2, 0) is 14.8 Å². The second kappa shape index (κ2) is 6.28. The van der Waals surface area contributed by atoms with Crippen LogP contribution in [0.1, 0.15) is 17.9 Å². The summed E-state index contributed by atoms with van der Waals surface area (Å²) in [6.07, 6.45) is 0.420. The Kier molecular flexibility index (Phi) is 4.07. The molecule has 1 saturated carbocycles. The van der Waals surface area contributed by atoms with E-state index in [1.54, 1.807) is 18.2 Å². The van der Waals surface area contributed by atoms with Gasteiger partial charge in [-0.05, 0) is 36.1 Å². The molecule has 0 unspecified atom stereocenters. The lowest BCUT2D eigenvalue weighted by molar-refractivity contribution is -0.120. The second-order valence-corrected chi connectivity index (χ2v) is 7.93. The molecule has 2 atom stereocenters. The van der Waals surface area contributed by atoms with E-state index >= 15 is 0 Å². The van der Waals surface area contributed by atoms with Gasteiger partial charge in [0, 0.05) is 12.0 Å². The SMILES string of the molecule is O=C(NS(=O)(=O)c1ccc2c(c1)OCCO2)[C@@H]1C[C@@H]1c1ccccc1F. The number of ether oxygens (including phenoxy) is 2. The summed E-state index contributed by atoms with van der Waals surface area (Å²) in [6.45, 7) is 0.726. The Morgan fingerprint density at radius 1 is 1.08 bits per heavy atom.